The van der Waals surface area contributed by atoms with Gasteiger partial charge in [-0.05, 0) is 51.8 Å². The van der Waals surface area contributed by atoms with Crippen LogP contribution in [-0.2, 0) is 6.54 Å². The van der Waals surface area contributed by atoms with E-state index in [0.29, 0.717) is 37.3 Å². The molecule has 0 aliphatic carbocycles. The monoisotopic (exact) mass is 482 g/mol. The van der Waals surface area contributed by atoms with Gasteiger partial charge in [0, 0.05) is 37.3 Å². The average Bonchev–Trinajstić information content (AvgIpc) is 2.82. The third kappa shape index (κ3) is 7.25. The minimum atomic E-state index is -0.350. The summed E-state index contributed by atoms with van der Waals surface area (Å²) in [5, 5.41) is 9.82. The Morgan fingerprint density at radius 3 is 2.66 bits per heavy atom. The van der Waals surface area contributed by atoms with Crippen LogP contribution in [0.4, 0.5) is 4.39 Å². The Labute approximate surface area is 207 Å². The van der Waals surface area contributed by atoms with E-state index in [0.717, 1.165) is 5.56 Å². The zero-order valence-corrected chi connectivity index (χ0v) is 21.2. The number of aromatic nitrogens is 1. The number of amides is 1. The van der Waals surface area contributed by atoms with Crippen molar-refractivity contribution in [2.24, 2.45) is 5.92 Å². The number of carbonyl (C=O) groups excluding carboxylic acids is 1. The molecule has 3 atom stereocenters. The molecule has 0 saturated carbocycles. The molecule has 0 unspecified atom stereocenters. The molecule has 1 aliphatic heterocycles. The summed E-state index contributed by atoms with van der Waals surface area (Å²) < 4.78 is 19.6. The van der Waals surface area contributed by atoms with Crippen LogP contribution in [0.1, 0.15) is 35.3 Å². The first-order chi connectivity index (χ1) is 16.7. The SMILES string of the molecule is C[C@H](CO)N1C[C@H](C)[C@H](CN(C)Cc2ccc(F)cc2)Oc2ncc(C#CCN(C)C)cc2C1=O. The molecule has 188 valence electrons. The van der Waals surface area contributed by atoms with Gasteiger partial charge in [0.15, 0.2) is 0 Å². The summed E-state index contributed by atoms with van der Waals surface area (Å²) >= 11 is 0. The van der Waals surface area contributed by atoms with Gasteiger partial charge in [0.2, 0.25) is 5.88 Å². The van der Waals surface area contributed by atoms with E-state index < -0.39 is 0 Å². The highest BCUT2D eigenvalue weighted by Gasteiger charge is 2.34. The molecule has 1 aromatic carbocycles. The summed E-state index contributed by atoms with van der Waals surface area (Å²) in [6.45, 7) is 5.96. The maximum atomic E-state index is 13.5. The lowest BCUT2D eigenvalue weighted by molar-refractivity contribution is 0.0325. The van der Waals surface area contributed by atoms with E-state index in [-0.39, 0.29) is 42.3 Å². The number of hydrogen-bond donors (Lipinski definition) is 1. The molecule has 1 aromatic heterocycles. The first kappa shape index (κ1) is 26.6. The number of ether oxygens (including phenoxy) is 1. The van der Waals surface area contributed by atoms with Gasteiger partial charge >= 0.3 is 0 Å². The third-order valence-electron chi connectivity index (χ3n) is 6.01. The average molecular weight is 483 g/mol. The van der Waals surface area contributed by atoms with Gasteiger partial charge in [0.05, 0.1) is 19.2 Å². The second-order valence-electron chi connectivity index (χ2n) is 9.56. The topological polar surface area (TPSA) is 69.1 Å². The fourth-order valence-electron chi connectivity index (χ4n) is 3.96. The van der Waals surface area contributed by atoms with Gasteiger partial charge in [-0.1, -0.05) is 30.9 Å². The molecule has 2 heterocycles. The maximum Gasteiger partial charge on any atom is 0.259 e. The van der Waals surface area contributed by atoms with Crippen molar-refractivity contribution in [2.45, 2.75) is 32.5 Å². The number of carbonyl (C=O) groups is 1. The van der Waals surface area contributed by atoms with Gasteiger partial charge in [-0.15, -0.1) is 0 Å². The fraction of sp³-hybridized carbons (Fsp3) is 0.481. The van der Waals surface area contributed by atoms with Crippen molar-refractivity contribution in [3.8, 4) is 17.7 Å². The van der Waals surface area contributed by atoms with E-state index in [2.05, 4.69) is 21.7 Å². The van der Waals surface area contributed by atoms with Gasteiger partial charge in [-0.25, -0.2) is 9.37 Å². The summed E-state index contributed by atoms with van der Waals surface area (Å²) in [5.41, 5.74) is 1.98. The zero-order chi connectivity index (χ0) is 25.5. The fourth-order valence-corrected chi connectivity index (χ4v) is 3.96. The Hall–Kier alpha value is -2.99. The van der Waals surface area contributed by atoms with Crippen LogP contribution in [0.5, 0.6) is 5.88 Å². The highest BCUT2D eigenvalue weighted by molar-refractivity contribution is 5.97. The predicted octanol–water partition coefficient (Wildman–Crippen LogP) is 2.49. The Kier molecular flexibility index (Phi) is 9.21. The number of aliphatic hydroxyl groups is 1. The van der Waals surface area contributed by atoms with E-state index in [9.17, 15) is 14.3 Å². The summed E-state index contributed by atoms with van der Waals surface area (Å²) in [4.78, 5) is 23.7. The highest BCUT2D eigenvalue weighted by Crippen LogP contribution is 2.27. The molecule has 0 saturated heterocycles. The molecule has 0 radical (unpaired) electrons. The minimum absolute atomic E-state index is 0.0156. The molecule has 0 fully saturated rings. The van der Waals surface area contributed by atoms with Crippen molar-refractivity contribution in [2.75, 3.05) is 47.4 Å². The normalized spacial score (nSPS) is 18.9. The number of hydrogen-bond acceptors (Lipinski definition) is 6. The summed E-state index contributed by atoms with van der Waals surface area (Å²) in [6, 6.07) is 7.83. The number of pyridine rings is 1. The number of likely N-dealkylation sites (N-methyl/N-ethyl adjacent to an activating group) is 1. The van der Waals surface area contributed by atoms with E-state index in [1.807, 2.05) is 39.9 Å². The van der Waals surface area contributed by atoms with Gasteiger partial charge in [0.25, 0.3) is 5.91 Å². The molecule has 1 aliphatic rings. The van der Waals surface area contributed by atoms with Crippen molar-refractivity contribution in [1.82, 2.24) is 19.7 Å². The van der Waals surface area contributed by atoms with Gasteiger partial charge in [-0.2, -0.15) is 0 Å². The number of halogens is 1. The molecule has 7 nitrogen and oxygen atoms in total. The minimum Gasteiger partial charge on any atom is -0.472 e. The molecule has 3 rings (SSSR count). The van der Waals surface area contributed by atoms with Crippen molar-refractivity contribution in [3.63, 3.8) is 0 Å². The Morgan fingerprint density at radius 2 is 2.00 bits per heavy atom. The third-order valence-corrected chi connectivity index (χ3v) is 6.01. The molecule has 35 heavy (non-hydrogen) atoms. The lowest BCUT2D eigenvalue weighted by atomic mass is 9.99. The number of benzene rings is 1. The predicted molar refractivity (Wildman–Crippen MR) is 134 cm³/mol. The van der Waals surface area contributed by atoms with Gasteiger partial charge in [0.1, 0.15) is 17.5 Å². The summed E-state index contributed by atoms with van der Waals surface area (Å²) in [5.74, 6) is 5.90. The molecule has 2 aromatic rings. The van der Waals surface area contributed by atoms with Crippen LogP contribution in [0.25, 0.3) is 0 Å². The highest BCUT2D eigenvalue weighted by atomic mass is 19.1. The van der Waals surface area contributed by atoms with Gasteiger partial charge < -0.3 is 14.7 Å². The Balaban J connectivity index is 1.88. The molecule has 1 amide bonds. The van der Waals surface area contributed by atoms with Crippen molar-refractivity contribution >= 4 is 5.91 Å². The van der Waals surface area contributed by atoms with Crippen LogP contribution in [0, 0.1) is 23.6 Å². The first-order valence-corrected chi connectivity index (χ1v) is 11.8. The molecular formula is C27H35FN4O3. The number of nitrogens with zero attached hydrogens (tertiary/aromatic N) is 4. The van der Waals surface area contributed by atoms with Crippen LogP contribution in [-0.4, -0.2) is 90.2 Å². The Bertz CT molecular complexity index is 1060. The lowest BCUT2D eigenvalue weighted by Gasteiger charge is -2.37. The summed E-state index contributed by atoms with van der Waals surface area (Å²) in [7, 11) is 5.86. The second-order valence-corrected chi connectivity index (χ2v) is 9.56. The molecular weight excluding hydrogens is 447 g/mol. The molecule has 0 spiro atoms. The second kappa shape index (κ2) is 12.1. The number of rotatable bonds is 7. The number of fused-ring (bicyclic) bond motifs is 1. The molecule has 8 heteroatoms. The van der Waals surface area contributed by atoms with Crippen molar-refractivity contribution < 1.29 is 19.0 Å². The standard InChI is InChI=1S/C27H35FN4O3/c1-19-15-32(20(2)18-33)27(34)24-13-22(7-6-12-30(3)4)14-29-26(24)35-25(19)17-31(5)16-21-8-10-23(28)11-9-21/h8-11,13-14,19-20,25,33H,12,15-18H2,1-5H3/t19-,20+,25-/m0/s1. The van der Waals surface area contributed by atoms with Crippen molar-refractivity contribution in [3.05, 3.63) is 59.0 Å². The number of aliphatic hydroxyl groups excluding tert-OH is 1. The van der Waals surface area contributed by atoms with Crippen LogP contribution < -0.4 is 4.74 Å². The van der Waals surface area contributed by atoms with Crippen LogP contribution >= 0.6 is 0 Å². The Morgan fingerprint density at radius 1 is 1.29 bits per heavy atom. The lowest BCUT2D eigenvalue weighted by Crippen LogP contribution is -2.49. The van der Waals surface area contributed by atoms with Crippen LogP contribution in [0.2, 0.25) is 0 Å². The van der Waals surface area contributed by atoms with E-state index in [1.165, 1.54) is 12.1 Å². The van der Waals surface area contributed by atoms with E-state index in [1.54, 1.807) is 29.3 Å². The quantitative estimate of drug-likeness (QED) is 0.612. The molecule has 1 N–H and O–H groups in total. The first-order valence-electron chi connectivity index (χ1n) is 11.8. The van der Waals surface area contributed by atoms with Gasteiger partial charge in [-0.3, -0.25) is 14.6 Å². The van der Waals surface area contributed by atoms with Crippen molar-refractivity contribution in [1.29, 1.82) is 0 Å². The summed E-state index contributed by atoms with van der Waals surface area (Å²) in [6.07, 6.45) is 1.37. The molecule has 0 bridgehead atoms. The van der Waals surface area contributed by atoms with E-state index >= 15 is 0 Å². The van der Waals surface area contributed by atoms with Crippen LogP contribution in [0.15, 0.2) is 36.5 Å². The zero-order valence-electron chi connectivity index (χ0n) is 21.2. The largest absolute Gasteiger partial charge is 0.472 e. The smallest absolute Gasteiger partial charge is 0.259 e. The maximum absolute atomic E-state index is 13.5. The van der Waals surface area contributed by atoms with Crippen LogP contribution in [0.3, 0.4) is 0 Å². The van der Waals surface area contributed by atoms with E-state index in [4.69, 9.17) is 4.74 Å².